The maximum atomic E-state index is 12.2. The Morgan fingerprint density at radius 1 is 1.15 bits per heavy atom. The molecule has 0 aliphatic carbocycles. The van der Waals surface area contributed by atoms with Gasteiger partial charge >= 0.3 is 0 Å². The maximum absolute atomic E-state index is 12.2. The molecule has 0 saturated heterocycles. The third kappa shape index (κ3) is 3.64. The minimum atomic E-state index is -0.374. The molecule has 2 aromatic carbocycles. The van der Waals surface area contributed by atoms with Crippen molar-refractivity contribution in [2.45, 2.75) is 20.8 Å². The van der Waals surface area contributed by atoms with Crippen molar-refractivity contribution in [2.24, 2.45) is 5.10 Å². The zero-order chi connectivity index (χ0) is 18.7. The third-order valence-corrected chi connectivity index (χ3v) is 4.11. The summed E-state index contributed by atoms with van der Waals surface area (Å²) >= 11 is 0. The van der Waals surface area contributed by atoms with E-state index in [4.69, 9.17) is 0 Å². The van der Waals surface area contributed by atoms with Crippen LogP contribution in [0, 0.1) is 20.8 Å². The Morgan fingerprint density at radius 3 is 2.54 bits per heavy atom. The van der Waals surface area contributed by atoms with Crippen LogP contribution in [0.4, 0.5) is 0 Å². The Balaban J connectivity index is 1.70. The Labute approximate surface area is 151 Å². The number of aromatic nitrogens is 2. The number of hydrazone groups is 1. The lowest BCUT2D eigenvalue weighted by molar-refractivity contribution is 0.0950. The molecule has 0 spiro atoms. The predicted octanol–water partition coefficient (Wildman–Crippen LogP) is 3.47. The number of nitrogens with one attached hydrogen (secondary N) is 2. The van der Waals surface area contributed by atoms with Crippen molar-refractivity contribution < 1.29 is 9.90 Å². The highest BCUT2D eigenvalue weighted by Crippen LogP contribution is 2.22. The van der Waals surface area contributed by atoms with Crippen molar-refractivity contribution in [3.8, 4) is 17.1 Å². The van der Waals surface area contributed by atoms with Gasteiger partial charge in [0, 0.05) is 5.56 Å². The fraction of sp³-hybridized carbons (Fsp3) is 0.150. The molecule has 0 bridgehead atoms. The largest absolute Gasteiger partial charge is 0.507 e. The zero-order valence-electron chi connectivity index (χ0n) is 14.9. The fourth-order valence-electron chi connectivity index (χ4n) is 2.70. The molecule has 3 aromatic rings. The first-order valence-corrected chi connectivity index (χ1v) is 8.20. The number of nitrogens with zero attached hydrogens (tertiary/aromatic N) is 2. The van der Waals surface area contributed by atoms with E-state index >= 15 is 0 Å². The van der Waals surface area contributed by atoms with Crippen LogP contribution in [0.5, 0.6) is 5.75 Å². The van der Waals surface area contributed by atoms with Gasteiger partial charge in [0.15, 0.2) is 0 Å². The lowest BCUT2D eigenvalue weighted by Gasteiger charge is -2.04. The summed E-state index contributed by atoms with van der Waals surface area (Å²) in [4.78, 5) is 19.5. The molecule has 0 aliphatic rings. The molecule has 3 rings (SSSR count). The quantitative estimate of drug-likeness (QED) is 0.498. The topological polar surface area (TPSA) is 90.4 Å². The van der Waals surface area contributed by atoms with Crippen LogP contribution in [0.3, 0.4) is 0 Å². The zero-order valence-corrected chi connectivity index (χ0v) is 14.9. The molecule has 0 saturated carbocycles. The van der Waals surface area contributed by atoms with Crippen LogP contribution in [0.2, 0.25) is 0 Å². The Bertz CT molecular complexity index is 966. The van der Waals surface area contributed by atoms with Gasteiger partial charge < -0.3 is 10.1 Å². The van der Waals surface area contributed by atoms with Gasteiger partial charge in [0.25, 0.3) is 5.91 Å². The molecule has 3 N–H and O–H groups in total. The summed E-state index contributed by atoms with van der Waals surface area (Å²) in [6.07, 6.45) is 3.03. The summed E-state index contributed by atoms with van der Waals surface area (Å²) < 4.78 is 0. The predicted molar refractivity (Wildman–Crippen MR) is 101 cm³/mol. The van der Waals surface area contributed by atoms with E-state index in [0.29, 0.717) is 11.5 Å². The van der Waals surface area contributed by atoms with Crippen molar-refractivity contribution in [1.29, 1.82) is 0 Å². The molecule has 132 valence electrons. The van der Waals surface area contributed by atoms with Crippen LogP contribution >= 0.6 is 0 Å². The fourth-order valence-corrected chi connectivity index (χ4v) is 2.70. The summed E-state index contributed by atoms with van der Waals surface area (Å²) in [5, 5.41) is 13.8. The van der Waals surface area contributed by atoms with Crippen LogP contribution in [-0.2, 0) is 0 Å². The molecule has 1 aromatic heterocycles. The number of imidazole rings is 1. The van der Waals surface area contributed by atoms with Gasteiger partial charge in [-0.2, -0.15) is 5.10 Å². The highest BCUT2D eigenvalue weighted by atomic mass is 16.3. The number of phenolic OH excluding ortho intramolecular Hbond substituents is 1. The molecule has 1 heterocycles. The van der Waals surface area contributed by atoms with Crippen LogP contribution in [0.25, 0.3) is 11.4 Å². The number of carbonyl (C=O) groups excluding carboxylic acids is 1. The van der Waals surface area contributed by atoms with Gasteiger partial charge in [-0.15, -0.1) is 0 Å². The number of carbonyl (C=O) groups is 1. The second-order valence-corrected chi connectivity index (χ2v) is 6.16. The van der Waals surface area contributed by atoms with Crippen molar-refractivity contribution >= 4 is 12.1 Å². The number of benzene rings is 2. The molecular formula is C20H20N4O2. The van der Waals surface area contributed by atoms with E-state index < -0.39 is 0 Å². The minimum absolute atomic E-state index is 0.271. The summed E-state index contributed by atoms with van der Waals surface area (Å²) in [7, 11) is 0. The second kappa shape index (κ2) is 7.23. The average molecular weight is 348 g/mol. The van der Waals surface area contributed by atoms with Gasteiger partial charge in [-0.1, -0.05) is 24.3 Å². The van der Waals surface area contributed by atoms with Gasteiger partial charge in [0.05, 0.1) is 12.4 Å². The smallest absolute Gasteiger partial charge is 0.289 e. The molecule has 26 heavy (non-hydrogen) atoms. The lowest BCUT2D eigenvalue weighted by atomic mass is 10.1. The first-order valence-electron chi connectivity index (χ1n) is 8.20. The molecule has 0 aliphatic heterocycles. The van der Waals surface area contributed by atoms with E-state index in [9.17, 15) is 9.90 Å². The van der Waals surface area contributed by atoms with Crippen LogP contribution in [-0.4, -0.2) is 27.2 Å². The highest BCUT2D eigenvalue weighted by Gasteiger charge is 2.11. The minimum Gasteiger partial charge on any atom is -0.507 e. The number of amides is 1. The van der Waals surface area contributed by atoms with Crippen molar-refractivity contribution in [2.75, 3.05) is 0 Å². The lowest BCUT2D eigenvalue weighted by Crippen LogP contribution is -2.18. The molecule has 1 amide bonds. The van der Waals surface area contributed by atoms with Gasteiger partial charge in [0.2, 0.25) is 0 Å². The maximum Gasteiger partial charge on any atom is 0.289 e. The number of aromatic amines is 1. The molecular weight excluding hydrogens is 328 g/mol. The Kier molecular flexibility index (Phi) is 4.84. The molecule has 0 fully saturated rings. The Hall–Kier alpha value is -3.41. The van der Waals surface area contributed by atoms with Gasteiger partial charge in [0.1, 0.15) is 17.3 Å². The average Bonchev–Trinajstić information content (AvgIpc) is 3.10. The van der Waals surface area contributed by atoms with E-state index in [-0.39, 0.29) is 11.7 Å². The highest BCUT2D eigenvalue weighted by molar-refractivity contribution is 5.93. The van der Waals surface area contributed by atoms with Gasteiger partial charge in [-0.25, -0.2) is 10.4 Å². The van der Waals surface area contributed by atoms with E-state index in [1.54, 1.807) is 12.1 Å². The third-order valence-electron chi connectivity index (χ3n) is 4.11. The summed E-state index contributed by atoms with van der Waals surface area (Å²) in [5.74, 6) is 0.537. The number of H-pyrrole nitrogens is 1. The number of hydrogen-bond donors (Lipinski definition) is 3. The molecule has 0 unspecified atom stereocenters. The number of aryl methyl sites for hydroxylation is 3. The second-order valence-electron chi connectivity index (χ2n) is 6.16. The van der Waals surface area contributed by atoms with E-state index in [0.717, 1.165) is 27.8 Å². The van der Waals surface area contributed by atoms with Crippen LogP contribution < -0.4 is 5.43 Å². The summed E-state index contributed by atoms with van der Waals surface area (Å²) in [5.41, 5.74) is 7.14. The molecule has 0 atom stereocenters. The SMILES string of the molecule is Cc1ccccc1-c1ncc(C(=O)NN=Cc2cc(C)c(O)c(C)c2)[nH]1. The van der Waals surface area contributed by atoms with Crippen molar-refractivity contribution in [3.05, 3.63) is 70.5 Å². The molecule has 6 nitrogen and oxygen atoms in total. The number of hydrogen-bond acceptors (Lipinski definition) is 4. The first-order chi connectivity index (χ1) is 12.5. The normalized spacial score (nSPS) is 11.0. The van der Waals surface area contributed by atoms with Gasteiger partial charge in [-0.05, 0) is 55.2 Å². The molecule has 0 radical (unpaired) electrons. The van der Waals surface area contributed by atoms with Crippen molar-refractivity contribution in [3.63, 3.8) is 0 Å². The van der Waals surface area contributed by atoms with Crippen molar-refractivity contribution in [1.82, 2.24) is 15.4 Å². The Morgan fingerprint density at radius 2 is 1.85 bits per heavy atom. The number of rotatable bonds is 4. The van der Waals surface area contributed by atoms with Gasteiger partial charge in [-0.3, -0.25) is 4.79 Å². The monoisotopic (exact) mass is 348 g/mol. The van der Waals surface area contributed by atoms with E-state index in [1.807, 2.05) is 45.0 Å². The molecule has 6 heteroatoms. The van der Waals surface area contributed by atoms with E-state index in [2.05, 4.69) is 20.5 Å². The first kappa shape index (κ1) is 17.4. The number of aromatic hydroxyl groups is 1. The van der Waals surface area contributed by atoms with Crippen LogP contribution in [0.1, 0.15) is 32.7 Å². The summed E-state index contributed by atoms with van der Waals surface area (Å²) in [6, 6.07) is 11.4. The van der Waals surface area contributed by atoms with E-state index in [1.165, 1.54) is 12.4 Å². The number of phenols is 1. The van der Waals surface area contributed by atoms with Crippen LogP contribution in [0.15, 0.2) is 47.7 Å². The summed E-state index contributed by atoms with van der Waals surface area (Å²) in [6.45, 7) is 5.62. The standard InChI is InChI=1S/C20H20N4O2/c1-12-6-4-5-7-16(12)19-21-11-17(23-19)20(26)24-22-10-15-8-13(2)18(25)14(3)9-15/h4-11,25H,1-3H3,(H,21,23)(H,24,26).